The molecule has 0 N–H and O–H groups in total. The molecule has 0 aliphatic carbocycles. The van der Waals surface area contributed by atoms with Gasteiger partial charge in [0.05, 0.1) is 4.90 Å². The van der Waals surface area contributed by atoms with Gasteiger partial charge in [-0.3, -0.25) is 9.69 Å². The summed E-state index contributed by atoms with van der Waals surface area (Å²) in [5.74, 6) is -4.19. The van der Waals surface area contributed by atoms with E-state index in [9.17, 15) is 26.4 Å². The van der Waals surface area contributed by atoms with Gasteiger partial charge < -0.3 is 0 Å². The van der Waals surface area contributed by atoms with Gasteiger partial charge in [-0.15, -0.1) is 0 Å². The summed E-state index contributed by atoms with van der Waals surface area (Å²) in [6.07, 6.45) is 0.524. The molecule has 0 saturated carbocycles. The number of benzene rings is 3. The molecule has 0 atom stereocenters. The van der Waals surface area contributed by atoms with Crippen LogP contribution in [-0.4, -0.2) is 49.6 Å². The van der Waals surface area contributed by atoms with Gasteiger partial charge >= 0.3 is 0 Å². The van der Waals surface area contributed by atoms with Crippen molar-refractivity contribution in [2.75, 3.05) is 26.2 Å². The van der Waals surface area contributed by atoms with Crippen molar-refractivity contribution in [1.82, 2.24) is 9.21 Å². The first-order valence-corrected chi connectivity index (χ1v) is 12.3. The number of carbonyl (C=O) groups is 1. The fraction of sp³-hybridized carbons (Fsp3) is 0.240. The van der Waals surface area contributed by atoms with E-state index in [1.807, 2.05) is 11.0 Å². The van der Waals surface area contributed by atoms with Crippen molar-refractivity contribution in [1.29, 1.82) is 0 Å². The van der Waals surface area contributed by atoms with E-state index in [1.54, 1.807) is 24.3 Å². The Bertz CT molecular complexity index is 1260. The number of hydrogen-bond donors (Lipinski definition) is 0. The lowest BCUT2D eigenvalue weighted by Gasteiger charge is -2.22. The summed E-state index contributed by atoms with van der Waals surface area (Å²) in [7, 11) is -3.78. The summed E-state index contributed by atoms with van der Waals surface area (Å²) < 4.78 is 67.9. The monoisotopic (exact) mass is 488 g/mol. The predicted molar refractivity (Wildman–Crippen MR) is 121 cm³/mol. The standard InChI is InChI=1S/C25H23F3N2O3S/c26-22-15-18(16-23(27)24(22)28)17-29-11-4-12-30(14-13-29)34(32,33)21-9-7-20(8-10-21)25(31)19-5-2-1-3-6-19/h1-3,5-10,15-16H,4,11-14,17H2. The van der Waals surface area contributed by atoms with Crippen LogP contribution in [0.4, 0.5) is 13.2 Å². The van der Waals surface area contributed by atoms with E-state index >= 15 is 0 Å². The molecule has 3 aromatic rings. The molecular formula is C25H23F3N2O3S. The number of nitrogens with zero attached hydrogens (tertiary/aromatic N) is 2. The van der Waals surface area contributed by atoms with Crippen LogP contribution >= 0.6 is 0 Å². The molecule has 34 heavy (non-hydrogen) atoms. The first-order chi connectivity index (χ1) is 16.3. The van der Waals surface area contributed by atoms with Crippen molar-refractivity contribution in [3.8, 4) is 0 Å². The zero-order valence-corrected chi connectivity index (χ0v) is 19.1. The fourth-order valence-corrected chi connectivity index (χ4v) is 5.46. The van der Waals surface area contributed by atoms with Gasteiger partial charge in [0.1, 0.15) is 0 Å². The van der Waals surface area contributed by atoms with E-state index in [0.717, 1.165) is 12.1 Å². The SMILES string of the molecule is O=C(c1ccccc1)c1ccc(S(=O)(=O)N2CCCN(Cc3cc(F)c(F)c(F)c3)CC2)cc1. The first kappa shape index (κ1) is 24.1. The molecule has 178 valence electrons. The van der Waals surface area contributed by atoms with E-state index in [0.29, 0.717) is 30.6 Å². The van der Waals surface area contributed by atoms with Crippen LogP contribution in [0.2, 0.25) is 0 Å². The van der Waals surface area contributed by atoms with Crippen LogP contribution in [0.5, 0.6) is 0 Å². The average Bonchev–Trinajstić information content (AvgIpc) is 3.09. The van der Waals surface area contributed by atoms with E-state index in [4.69, 9.17) is 0 Å². The van der Waals surface area contributed by atoms with Crippen molar-refractivity contribution in [2.45, 2.75) is 17.9 Å². The highest BCUT2D eigenvalue weighted by atomic mass is 32.2. The molecule has 4 rings (SSSR count). The molecule has 1 heterocycles. The maximum absolute atomic E-state index is 13.5. The normalized spacial score (nSPS) is 15.7. The zero-order chi connectivity index (χ0) is 24.3. The van der Waals surface area contributed by atoms with Crippen LogP contribution < -0.4 is 0 Å². The van der Waals surface area contributed by atoms with Crippen molar-refractivity contribution >= 4 is 15.8 Å². The van der Waals surface area contributed by atoms with Gasteiger partial charge in [0.15, 0.2) is 23.2 Å². The van der Waals surface area contributed by atoms with E-state index in [-0.39, 0.29) is 35.9 Å². The highest BCUT2D eigenvalue weighted by Gasteiger charge is 2.27. The minimum Gasteiger partial charge on any atom is -0.298 e. The Labute approximate surface area is 196 Å². The van der Waals surface area contributed by atoms with Gasteiger partial charge in [0.2, 0.25) is 10.0 Å². The molecule has 1 fully saturated rings. The summed E-state index contributed by atoms with van der Waals surface area (Å²) in [6.45, 7) is 1.54. The molecule has 0 spiro atoms. The molecule has 1 aliphatic heterocycles. The number of hydrogen-bond acceptors (Lipinski definition) is 4. The molecule has 0 radical (unpaired) electrons. The van der Waals surface area contributed by atoms with Crippen LogP contribution in [0.3, 0.4) is 0 Å². The predicted octanol–water partition coefficient (Wildman–Crippen LogP) is 4.23. The van der Waals surface area contributed by atoms with Crippen molar-refractivity contribution in [3.63, 3.8) is 0 Å². The number of carbonyl (C=O) groups excluding carboxylic acids is 1. The Morgan fingerprint density at radius 2 is 1.41 bits per heavy atom. The molecule has 1 aliphatic rings. The third kappa shape index (κ3) is 5.22. The third-order valence-electron chi connectivity index (χ3n) is 5.79. The highest BCUT2D eigenvalue weighted by Crippen LogP contribution is 2.21. The maximum atomic E-state index is 13.5. The minimum atomic E-state index is -3.78. The molecule has 9 heteroatoms. The van der Waals surface area contributed by atoms with Gasteiger partial charge in [-0.2, -0.15) is 4.31 Å². The van der Waals surface area contributed by atoms with E-state index < -0.39 is 27.5 Å². The largest absolute Gasteiger partial charge is 0.298 e. The molecular weight excluding hydrogens is 465 g/mol. The number of halogens is 3. The molecule has 3 aromatic carbocycles. The van der Waals surface area contributed by atoms with Crippen molar-refractivity contribution < 1.29 is 26.4 Å². The summed E-state index contributed by atoms with van der Waals surface area (Å²) in [6, 6.07) is 16.5. The van der Waals surface area contributed by atoms with Crippen LogP contribution in [0.15, 0.2) is 71.6 Å². The van der Waals surface area contributed by atoms with Gasteiger partial charge in [-0.25, -0.2) is 21.6 Å². The lowest BCUT2D eigenvalue weighted by atomic mass is 10.0. The topological polar surface area (TPSA) is 57.7 Å². The third-order valence-corrected chi connectivity index (χ3v) is 7.70. The molecule has 0 unspecified atom stereocenters. The minimum absolute atomic E-state index is 0.0910. The van der Waals surface area contributed by atoms with Gasteiger partial charge in [-0.05, 0) is 54.9 Å². The number of ketones is 1. The second-order valence-corrected chi connectivity index (χ2v) is 10.1. The fourth-order valence-electron chi connectivity index (χ4n) is 3.99. The second-order valence-electron chi connectivity index (χ2n) is 8.13. The zero-order valence-electron chi connectivity index (χ0n) is 18.3. The molecule has 0 aromatic heterocycles. The molecule has 0 bridgehead atoms. The Morgan fingerprint density at radius 1 is 0.794 bits per heavy atom. The van der Waals surface area contributed by atoms with Gasteiger partial charge in [-0.1, -0.05) is 30.3 Å². The number of rotatable bonds is 6. The van der Waals surface area contributed by atoms with Crippen molar-refractivity contribution in [3.05, 3.63) is 101 Å². The summed E-state index contributed by atoms with van der Waals surface area (Å²) in [5, 5.41) is 0. The molecule has 1 saturated heterocycles. The van der Waals surface area contributed by atoms with Crippen LogP contribution in [-0.2, 0) is 16.6 Å². The number of sulfonamides is 1. The Morgan fingerprint density at radius 3 is 2.06 bits per heavy atom. The van der Waals surface area contributed by atoms with E-state index in [1.165, 1.54) is 28.6 Å². The first-order valence-electron chi connectivity index (χ1n) is 10.8. The summed E-state index contributed by atoms with van der Waals surface area (Å²) >= 11 is 0. The van der Waals surface area contributed by atoms with Crippen molar-refractivity contribution in [2.24, 2.45) is 0 Å². The average molecular weight is 489 g/mol. The maximum Gasteiger partial charge on any atom is 0.243 e. The van der Waals surface area contributed by atoms with E-state index in [2.05, 4.69) is 0 Å². The van der Waals surface area contributed by atoms with Gasteiger partial charge in [0, 0.05) is 37.3 Å². The smallest absolute Gasteiger partial charge is 0.243 e. The Kier molecular flexibility index (Phi) is 7.16. The Hall–Kier alpha value is -3.01. The van der Waals surface area contributed by atoms with Gasteiger partial charge in [0.25, 0.3) is 0 Å². The van der Waals surface area contributed by atoms with Crippen LogP contribution in [0.25, 0.3) is 0 Å². The van der Waals surface area contributed by atoms with Crippen LogP contribution in [0.1, 0.15) is 27.9 Å². The quantitative estimate of drug-likeness (QED) is 0.385. The lowest BCUT2D eigenvalue weighted by molar-refractivity contribution is 0.103. The second kappa shape index (κ2) is 10.1. The lowest BCUT2D eigenvalue weighted by Crippen LogP contribution is -2.35. The summed E-state index contributed by atoms with van der Waals surface area (Å²) in [5.41, 5.74) is 1.20. The van der Waals surface area contributed by atoms with Crippen LogP contribution in [0, 0.1) is 17.5 Å². The Balaban J connectivity index is 1.43. The molecule has 5 nitrogen and oxygen atoms in total. The highest BCUT2D eigenvalue weighted by molar-refractivity contribution is 7.89. The summed E-state index contributed by atoms with van der Waals surface area (Å²) in [4.78, 5) is 14.5. The molecule has 0 amide bonds.